The number of rotatable bonds is 5. The lowest BCUT2D eigenvalue weighted by atomic mass is 10.1. The molecule has 0 spiro atoms. The maximum absolute atomic E-state index is 12.8. The van der Waals surface area contributed by atoms with Gasteiger partial charge in [-0.1, -0.05) is 19.0 Å². The van der Waals surface area contributed by atoms with Crippen molar-refractivity contribution in [2.24, 2.45) is 5.92 Å². The highest BCUT2D eigenvalue weighted by Crippen LogP contribution is 2.17. The molecule has 2 aromatic heterocycles. The first-order chi connectivity index (χ1) is 9.97. The van der Waals surface area contributed by atoms with Gasteiger partial charge in [0.15, 0.2) is 5.76 Å². The number of aromatic nitrogens is 2. The van der Waals surface area contributed by atoms with Crippen LogP contribution in [-0.2, 0) is 11.3 Å². The monoisotopic (exact) mass is 293 g/mol. The fourth-order valence-electron chi connectivity index (χ4n) is 1.62. The predicted molar refractivity (Wildman–Crippen MR) is 72.4 cm³/mol. The minimum Gasteiger partial charge on any atom is -0.383 e. The van der Waals surface area contributed by atoms with Crippen molar-refractivity contribution in [3.63, 3.8) is 0 Å². The standard InChI is InChI=1S/C14H16FN3O3/c1-8(2)13(19)14(20)17-7-10-5-12(21-18-10)11-4-3-9(15)6-16-11/h3-6,8,13,19H,7H2,1-2H3,(H,17,20)/t13-/m0/s1. The van der Waals surface area contributed by atoms with Crippen LogP contribution in [0.15, 0.2) is 28.9 Å². The molecular formula is C14H16FN3O3. The summed E-state index contributed by atoms with van der Waals surface area (Å²) in [5, 5.41) is 15.9. The van der Waals surface area contributed by atoms with Crippen LogP contribution in [0, 0.1) is 11.7 Å². The molecule has 0 saturated carbocycles. The van der Waals surface area contributed by atoms with Crippen molar-refractivity contribution in [3.8, 4) is 11.5 Å². The lowest BCUT2D eigenvalue weighted by molar-refractivity contribution is -0.131. The molecule has 21 heavy (non-hydrogen) atoms. The summed E-state index contributed by atoms with van der Waals surface area (Å²) in [7, 11) is 0. The molecule has 0 aliphatic heterocycles. The molecule has 2 N–H and O–H groups in total. The first-order valence-corrected chi connectivity index (χ1v) is 6.50. The molecule has 0 aliphatic carbocycles. The number of carbonyl (C=O) groups is 1. The van der Waals surface area contributed by atoms with Gasteiger partial charge in [0.2, 0.25) is 5.91 Å². The van der Waals surface area contributed by atoms with Crippen LogP contribution in [0.3, 0.4) is 0 Å². The maximum Gasteiger partial charge on any atom is 0.249 e. The largest absolute Gasteiger partial charge is 0.383 e. The number of hydrogen-bond donors (Lipinski definition) is 2. The van der Waals surface area contributed by atoms with Crippen molar-refractivity contribution < 1.29 is 18.8 Å². The number of hydrogen-bond acceptors (Lipinski definition) is 5. The van der Waals surface area contributed by atoms with Gasteiger partial charge in [-0.15, -0.1) is 0 Å². The van der Waals surface area contributed by atoms with Gasteiger partial charge in [-0.05, 0) is 18.1 Å². The molecule has 2 heterocycles. The molecule has 1 amide bonds. The zero-order valence-electron chi connectivity index (χ0n) is 11.7. The summed E-state index contributed by atoms with van der Waals surface area (Å²) < 4.78 is 17.9. The van der Waals surface area contributed by atoms with Crippen LogP contribution in [0.2, 0.25) is 0 Å². The van der Waals surface area contributed by atoms with Crippen molar-refractivity contribution in [1.82, 2.24) is 15.5 Å². The van der Waals surface area contributed by atoms with Crippen molar-refractivity contribution in [2.45, 2.75) is 26.5 Å². The zero-order chi connectivity index (χ0) is 15.4. The van der Waals surface area contributed by atoms with Gasteiger partial charge >= 0.3 is 0 Å². The van der Waals surface area contributed by atoms with Gasteiger partial charge < -0.3 is 14.9 Å². The van der Waals surface area contributed by atoms with E-state index in [-0.39, 0.29) is 12.5 Å². The first-order valence-electron chi connectivity index (χ1n) is 6.50. The SMILES string of the molecule is CC(C)[C@H](O)C(=O)NCc1cc(-c2ccc(F)cn2)on1. The van der Waals surface area contributed by atoms with Crippen LogP contribution in [0.1, 0.15) is 19.5 Å². The van der Waals surface area contributed by atoms with E-state index < -0.39 is 17.8 Å². The minimum atomic E-state index is -1.06. The van der Waals surface area contributed by atoms with Crippen LogP contribution in [-0.4, -0.2) is 27.3 Å². The summed E-state index contributed by atoms with van der Waals surface area (Å²) in [6.45, 7) is 3.63. The summed E-state index contributed by atoms with van der Waals surface area (Å²) >= 11 is 0. The Morgan fingerprint density at radius 3 is 2.86 bits per heavy atom. The molecule has 1 atom stereocenters. The highest BCUT2D eigenvalue weighted by Gasteiger charge is 2.18. The van der Waals surface area contributed by atoms with Crippen LogP contribution in [0.25, 0.3) is 11.5 Å². The Bertz CT molecular complexity index is 610. The van der Waals surface area contributed by atoms with Gasteiger partial charge in [-0.25, -0.2) is 9.37 Å². The Kier molecular flexibility index (Phi) is 4.64. The summed E-state index contributed by atoms with van der Waals surface area (Å²) in [5.41, 5.74) is 0.934. The summed E-state index contributed by atoms with van der Waals surface area (Å²) in [6, 6.07) is 4.34. The number of aliphatic hydroxyl groups is 1. The Morgan fingerprint density at radius 2 is 2.24 bits per heavy atom. The van der Waals surface area contributed by atoms with Gasteiger partial charge in [0.25, 0.3) is 0 Å². The summed E-state index contributed by atoms with van der Waals surface area (Å²) in [5.74, 6) is -0.687. The molecule has 0 radical (unpaired) electrons. The number of nitrogens with one attached hydrogen (secondary N) is 1. The van der Waals surface area contributed by atoms with Crippen molar-refractivity contribution in [3.05, 3.63) is 35.9 Å². The maximum atomic E-state index is 12.8. The van der Waals surface area contributed by atoms with Crippen LogP contribution in [0.5, 0.6) is 0 Å². The summed E-state index contributed by atoms with van der Waals surface area (Å²) in [4.78, 5) is 15.5. The van der Waals surface area contributed by atoms with E-state index in [1.165, 1.54) is 12.1 Å². The van der Waals surface area contributed by atoms with E-state index in [1.807, 2.05) is 0 Å². The summed E-state index contributed by atoms with van der Waals surface area (Å²) in [6.07, 6.45) is 0.0216. The Labute approximate surface area is 121 Å². The van der Waals surface area contributed by atoms with E-state index >= 15 is 0 Å². The predicted octanol–water partition coefficient (Wildman–Crippen LogP) is 1.51. The second kappa shape index (κ2) is 6.45. The topological polar surface area (TPSA) is 88.2 Å². The number of aliphatic hydroxyl groups excluding tert-OH is 1. The molecule has 2 rings (SSSR count). The highest BCUT2D eigenvalue weighted by molar-refractivity contribution is 5.80. The Balaban J connectivity index is 1.97. The van der Waals surface area contributed by atoms with E-state index in [2.05, 4.69) is 15.5 Å². The van der Waals surface area contributed by atoms with E-state index in [9.17, 15) is 14.3 Å². The molecule has 2 aromatic rings. The quantitative estimate of drug-likeness (QED) is 0.872. The zero-order valence-corrected chi connectivity index (χ0v) is 11.7. The molecular weight excluding hydrogens is 277 g/mol. The normalized spacial score (nSPS) is 12.4. The lowest BCUT2D eigenvalue weighted by Gasteiger charge is -2.13. The molecule has 112 valence electrons. The number of amides is 1. The lowest BCUT2D eigenvalue weighted by Crippen LogP contribution is -2.37. The molecule has 7 heteroatoms. The van der Waals surface area contributed by atoms with Crippen LogP contribution in [0.4, 0.5) is 4.39 Å². The van der Waals surface area contributed by atoms with Gasteiger partial charge in [-0.2, -0.15) is 0 Å². The minimum absolute atomic E-state index is 0.132. The number of carbonyl (C=O) groups excluding carboxylic acids is 1. The second-order valence-electron chi connectivity index (χ2n) is 4.95. The van der Waals surface area contributed by atoms with E-state index in [1.54, 1.807) is 19.9 Å². The first kappa shape index (κ1) is 15.1. The molecule has 6 nitrogen and oxygen atoms in total. The average Bonchev–Trinajstić information content (AvgIpc) is 2.93. The number of pyridine rings is 1. The van der Waals surface area contributed by atoms with E-state index in [0.717, 1.165) is 6.20 Å². The third-order valence-electron chi connectivity index (χ3n) is 2.88. The van der Waals surface area contributed by atoms with Crippen molar-refractivity contribution in [2.75, 3.05) is 0 Å². The van der Waals surface area contributed by atoms with Crippen LogP contribution >= 0.6 is 0 Å². The Hall–Kier alpha value is -2.28. The molecule has 0 saturated heterocycles. The van der Waals surface area contributed by atoms with Gasteiger partial charge in [0.1, 0.15) is 23.3 Å². The van der Waals surface area contributed by atoms with Gasteiger partial charge in [0.05, 0.1) is 12.7 Å². The fourth-order valence-corrected chi connectivity index (χ4v) is 1.62. The third kappa shape index (κ3) is 3.85. The van der Waals surface area contributed by atoms with Gasteiger partial charge in [0, 0.05) is 6.07 Å². The van der Waals surface area contributed by atoms with Gasteiger partial charge in [-0.3, -0.25) is 4.79 Å². The smallest absolute Gasteiger partial charge is 0.249 e. The Morgan fingerprint density at radius 1 is 1.48 bits per heavy atom. The average molecular weight is 293 g/mol. The van der Waals surface area contributed by atoms with Crippen molar-refractivity contribution >= 4 is 5.91 Å². The van der Waals surface area contributed by atoms with Crippen molar-refractivity contribution in [1.29, 1.82) is 0 Å². The second-order valence-corrected chi connectivity index (χ2v) is 4.95. The molecule has 0 unspecified atom stereocenters. The molecule has 0 fully saturated rings. The fraction of sp³-hybridized carbons (Fsp3) is 0.357. The van der Waals surface area contributed by atoms with E-state index in [0.29, 0.717) is 17.1 Å². The third-order valence-corrected chi connectivity index (χ3v) is 2.88. The number of halogens is 1. The van der Waals surface area contributed by atoms with Crippen LogP contribution < -0.4 is 5.32 Å². The number of nitrogens with zero attached hydrogens (tertiary/aromatic N) is 2. The molecule has 0 aliphatic rings. The van der Waals surface area contributed by atoms with E-state index in [4.69, 9.17) is 4.52 Å². The molecule has 0 aromatic carbocycles. The highest BCUT2D eigenvalue weighted by atomic mass is 19.1. The molecule has 0 bridgehead atoms.